The third kappa shape index (κ3) is 3.93. The molecule has 1 aromatic rings. The highest BCUT2D eigenvalue weighted by atomic mass is 35.5. The summed E-state index contributed by atoms with van der Waals surface area (Å²) in [4.78, 5) is 11.9. The van der Waals surface area contributed by atoms with Gasteiger partial charge >= 0.3 is 0 Å². The molecule has 1 aliphatic rings. The fourth-order valence-corrected chi connectivity index (χ4v) is 2.61. The highest BCUT2D eigenvalue weighted by Crippen LogP contribution is 2.25. The standard InChI is InChI=1S/C14H18ClNO3/c15-11-3-1-9(2-4-11)5-14(19)16-12-6-10(8-17)13(18)7-12/h1-4,10,12-13,17-18H,5-8H2,(H,16,19)/t10-,12-,13-/m1/s1. The zero-order valence-electron chi connectivity index (χ0n) is 10.6. The van der Waals surface area contributed by atoms with E-state index >= 15 is 0 Å². The van der Waals surface area contributed by atoms with Crippen LogP contribution in [0.4, 0.5) is 0 Å². The molecule has 0 saturated heterocycles. The first-order chi connectivity index (χ1) is 9.08. The number of aliphatic hydroxyl groups is 2. The van der Waals surface area contributed by atoms with E-state index in [4.69, 9.17) is 16.7 Å². The van der Waals surface area contributed by atoms with E-state index in [9.17, 15) is 9.90 Å². The molecule has 1 amide bonds. The Bertz CT molecular complexity index is 435. The lowest BCUT2D eigenvalue weighted by molar-refractivity contribution is -0.121. The lowest BCUT2D eigenvalue weighted by Crippen LogP contribution is -2.34. The number of hydrogen-bond acceptors (Lipinski definition) is 3. The van der Waals surface area contributed by atoms with Crippen molar-refractivity contribution in [1.29, 1.82) is 0 Å². The summed E-state index contributed by atoms with van der Waals surface area (Å²) >= 11 is 5.78. The van der Waals surface area contributed by atoms with Crippen LogP contribution in [0.25, 0.3) is 0 Å². The van der Waals surface area contributed by atoms with Crippen LogP contribution in [-0.4, -0.2) is 34.9 Å². The maximum Gasteiger partial charge on any atom is 0.224 e. The monoisotopic (exact) mass is 283 g/mol. The van der Waals surface area contributed by atoms with E-state index in [2.05, 4.69) is 5.32 Å². The van der Waals surface area contributed by atoms with Gasteiger partial charge in [-0.3, -0.25) is 4.79 Å². The Morgan fingerprint density at radius 2 is 2.00 bits per heavy atom. The maximum absolute atomic E-state index is 11.9. The molecule has 0 aliphatic heterocycles. The number of carbonyl (C=O) groups is 1. The average molecular weight is 284 g/mol. The molecule has 0 aromatic heterocycles. The van der Waals surface area contributed by atoms with Gasteiger partial charge in [-0.15, -0.1) is 0 Å². The Labute approximate surface area is 117 Å². The summed E-state index contributed by atoms with van der Waals surface area (Å²) in [7, 11) is 0. The summed E-state index contributed by atoms with van der Waals surface area (Å²) in [6.07, 6.45) is 0.917. The van der Waals surface area contributed by atoms with Gasteiger partial charge in [-0.2, -0.15) is 0 Å². The molecule has 1 aliphatic carbocycles. The van der Waals surface area contributed by atoms with Crippen molar-refractivity contribution in [3.8, 4) is 0 Å². The Kier molecular flexibility index (Phi) is 4.80. The summed E-state index contributed by atoms with van der Waals surface area (Å²) in [5, 5.41) is 22.3. The van der Waals surface area contributed by atoms with E-state index in [1.54, 1.807) is 12.1 Å². The van der Waals surface area contributed by atoms with Crippen molar-refractivity contribution in [2.24, 2.45) is 5.92 Å². The Morgan fingerprint density at radius 1 is 1.32 bits per heavy atom. The molecule has 0 radical (unpaired) electrons. The van der Waals surface area contributed by atoms with Gasteiger partial charge in [0.05, 0.1) is 12.5 Å². The topological polar surface area (TPSA) is 69.6 Å². The number of halogens is 1. The molecular formula is C14H18ClNO3. The van der Waals surface area contributed by atoms with Gasteiger partial charge in [0.15, 0.2) is 0 Å². The molecule has 5 heteroatoms. The van der Waals surface area contributed by atoms with Crippen molar-refractivity contribution in [3.05, 3.63) is 34.9 Å². The Morgan fingerprint density at radius 3 is 2.58 bits per heavy atom. The van der Waals surface area contributed by atoms with E-state index in [1.807, 2.05) is 12.1 Å². The number of benzene rings is 1. The number of aliphatic hydroxyl groups excluding tert-OH is 2. The molecular weight excluding hydrogens is 266 g/mol. The van der Waals surface area contributed by atoms with Crippen LogP contribution in [0, 0.1) is 5.92 Å². The van der Waals surface area contributed by atoms with E-state index < -0.39 is 6.10 Å². The van der Waals surface area contributed by atoms with E-state index in [0.717, 1.165) is 5.56 Å². The van der Waals surface area contributed by atoms with Crippen LogP contribution >= 0.6 is 11.6 Å². The normalized spacial score (nSPS) is 26.4. The molecule has 0 spiro atoms. The molecule has 1 saturated carbocycles. The lowest BCUT2D eigenvalue weighted by Gasteiger charge is -2.12. The van der Waals surface area contributed by atoms with Gasteiger partial charge in [-0.1, -0.05) is 23.7 Å². The molecule has 3 atom stereocenters. The summed E-state index contributed by atoms with van der Waals surface area (Å²) in [6.45, 7) is -0.0370. The Hall–Kier alpha value is -1.10. The van der Waals surface area contributed by atoms with Crippen LogP contribution in [0.1, 0.15) is 18.4 Å². The molecule has 104 valence electrons. The molecule has 0 unspecified atom stereocenters. The molecule has 1 aromatic carbocycles. The van der Waals surface area contributed by atoms with Gasteiger partial charge in [0.1, 0.15) is 0 Å². The molecule has 1 fully saturated rings. The first kappa shape index (κ1) is 14.3. The predicted octanol–water partition coefficient (Wildman–Crippen LogP) is 1.13. The summed E-state index contributed by atoms with van der Waals surface area (Å²) in [5.74, 6) is -0.195. The smallest absolute Gasteiger partial charge is 0.224 e. The maximum atomic E-state index is 11.9. The van der Waals surface area contributed by atoms with Gasteiger partial charge in [0, 0.05) is 23.6 Å². The first-order valence-electron chi connectivity index (χ1n) is 6.41. The van der Waals surface area contributed by atoms with Crippen molar-refractivity contribution < 1.29 is 15.0 Å². The van der Waals surface area contributed by atoms with Crippen molar-refractivity contribution in [3.63, 3.8) is 0 Å². The number of rotatable bonds is 4. The van der Waals surface area contributed by atoms with Crippen LogP contribution in [0.3, 0.4) is 0 Å². The Balaban J connectivity index is 1.83. The van der Waals surface area contributed by atoms with Crippen molar-refractivity contribution >= 4 is 17.5 Å². The van der Waals surface area contributed by atoms with Gasteiger partial charge in [-0.25, -0.2) is 0 Å². The summed E-state index contributed by atoms with van der Waals surface area (Å²) in [6, 6.07) is 7.10. The van der Waals surface area contributed by atoms with E-state index in [0.29, 0.717) is 24.3 Å². The van der Waals surface area contributed by atoms with Gasteiger partial charge in [-0.05, 0) is 30.5 Å². The van der Waals surface area contributed by atoms with Crippen LogP contribution in [0.2, 0.25) is 5.02 Å². The highest BCUT2D eigenvalue weighted by Gasteiger charge is 2.33. The van der Waals surface area contributed by atoms with Gasteiger partial charge in [0.25, 0.3) is 0 Å². The SMILES string of the molecule is O=C(Cc1ccc(Cl)cc1)N[C@@H]1C[C@H](CO)[C@H](O)C1. The third-order valence-electron chi connectivity index (χ3n) is 3.53. The van der Waals surface area contributed by atoms with Crippen molar-refractivity contribution in [1.82, 2.24) is 5.32 Å². The largest absolute Gasteiger partial charge is 0.396 e. The molecule has 0 heterocycles. The highest BCUT2D eigenvalue weighted by molar-refractivity contribution is 6.30. The minimum Gasteiger partial charge on any atom is -0.396 e. The molecule has 2 rings (SSSR count). The minimum atomic E-state index is -0.522. The second-order valence-corrected chi connectivity index (χ2v) is 5.49. The minimum absolute atomic E-state index is 0.0370. The van der Waals surface area contributed by atoms with Crippen LogP contribution in [0.5, 0.6) is 0 Å². The van der Waals surface area contributed by atoms with E-state index in [-0.39, 0.29) is 24.5 Å². The molecule has 0 bridgehead atoms. The fraction of sp³-hybridized carbons (Fsp3) is 0.500. The van der Waals surface area contributed by atoms with Gasteiger partial charge < -0.3 is 15.5 Å². The fourth-order valence-electron chi connectivity index (χ4n) is 2.48. The first-order valence-corrected chi connectivity index (χ1v) is 6.79. The number of hydrogen-bond donors (Lipinski definition) is 3. The van der Waals surface area contributed by atoms with Crippen LogP contribution < -0.4 is 5.32 Å². The third-order valence-corrected chi connectivity index (χ3v) is 3.79. The molecule has 19 heavy (non-hydrogen) atoms. The van der Waals surface area contributed by atoms with Crippen molar-refractivity contribution in [2.45, 2.75) is 31.4 Å². The van der Waals surface area contributed by atoms with E-state index in [1.165, 1.54) is 0 Å². The summed E-state index contributed by atoms with van der Waals surface area (Å²) in [5.41, 5.74) is 0.902. The average Bonchev–Trinajstić information content (AvgIpc) is 2.72. The van der Waals surface area contributed by atoms with Gasteiger partial charge in [0.2, 0.25) is 5.91 Å². The molecule has 3 N–H and O–H groups in total. The quantitative estimate of drug-likeness (QED) is 0.776. The number of amides is 1. The zero-order valence-corrected chi connectivity index (χ0v) is 11.3. The number of carbonyl (C=O) groups excluding carboxylic acids is 1. The van der Waals surface area contributed by atoms with Crippen LogP contribution in [-0.2, 0) is 11.2 Å². The second kappa shape index (κ2) is 6.37. The van der Waals surface area contributed by atoms with Crippen LogP contribution in [0.15, 0.2) is 24.3 Å². The lowest BCUT2D eigenvalue weighted by atomic mass is 10.1. The molecule has 4 nitrogen and oxygen atoms in total. The van der Waals surface area contributed by atoms with Crippen molar-refractivity contribution in [2.75, 3.05) is 6.61 Å². The predicted molar refractivity (Wildman–Crippen MR) is 72.9 cm³/mol. The summed E-state index contributed by atoms with van der Waals surface area (Å²) < 4.78 is 0. The zero-order chi connectivity index (χ0) is 13.8. The second-order valence-electron chi connectivity index (χ2n) is 5.05. The number of nitrogens with one attached hydrogen (secondary N) is 1.